The zero-order chi connectivity index (χ0) is 13.0. The Hall–Kier alpha value is -1.12. The van der Waals surface area contributed by atoms with Crippen LogP contribution in [-0.2, 0) is 11.2 Å². The van der Waals surface area contributed by atoms with Gasteiger partial charge in [-0.25, -0.2) is 0 Å². The fourth-order valence-corrected chi connectivity index (χ4v) is 3.03. The van der Waals surface area contributed by atoms with E-state index in [2.05, 4.69) is 37.3 Å². The molecule has 0 aliphatic heterocycles. The van der Waals surface area contributed by atoms with Crippen molar-refractivity contribution in [3.8, 4) is 0 Å². The van der Waals surface area contributed by atoms with Gasteiger partial charge in [0.05, 0.1) is 0 Å². The summed E-state index contributed by atoms with van der Waals surface area (Å²) in [4.78, 5) is 12.4. The molecule has 0 amide bonds. The minimum atomic E-state index is -0.284. The molecule has 0 aliphatic rings. The van der Waals surface area contributed by atoms with Crippen LogP contribution in [0.25, 0.3) is 0 Å². The van der Waals surface area contributed by atoms with Crippen LogP contribution < -0.4 is 0 Å². The van der Waals surface area contributed by atoms with Crippen molar-refractivity contribution < 1.29 is 4.79 Å². The summed E-state index contributed by atoms with van der Waals surface area (Å²) in [6.07, 6.45) is 1.38. The third kappa shape index (κ3) is 3.21. The molecule has 1 unspecified atom stereocenters. The van der Waals surface area contributed by atoms with Crippen LogP contribution >= 0.6 is 22.9 Å². The zero-order valence-electron chi connectivity index (χ0n) is 10.2. The first kappa shape index (κ1) is 13.3. The van der Waals surface area contributed by atoms with E-state index in [0.717, 1.165) is 12.0 Å². The van der Waals surface area contributed by atoms with E-state index in [1.165, 1.54) is 10.4 Å². The lowest BCUT2D eigenvalue weighted by atomic mass is 9.93. The third-order valence-electron chi connectivity index (χ3n) is 3.04. The van der Waals surface area contributed by atoms with E-state index in [4.69, 9.17) is 11.6 Å². The highest BCUT2D eigenvalue weighted by Gasteiger charge is 2.18. The Morgan fingerprint density at radius 2 is 2.00 bits per heavy atom. The minimum Gasteiger partial charge on any atom is -0.281 e. The molecule has 3 heteroatoms. The molecule has 1 atom stereocenters. The lowest BCUT2D eigenvalue weighted by Gasteiger charge is -2.14. The summed E-state index contributed by atoms with van der Waals surface area (Å²) in [6.45, 7) is 2.13. The molecule has 2 rings (SSSR count). The van der Waals surface area contributed by atoms with Gasteiger partial charge in [0.1, 0.15) is 0 Å². The maximum absolute atomic E-state index is 11.2. The van der Waals surface area contributed by atoms with Crippen molar-refractivity contribution in [3.05, 3.63) is 57.8 Å². The second kappa shape index (κ2) is 6.17. The van der Waals surface area contributed by atoms with Crippen LogP contribution in [0, 0.1) is 0 Å². The Morgan fingerprint density at radius 3 is 2.50 bits per heavy atom. The van der Waals surface area contributed by atoms with E-state index in [0.29, 0.717) is 6.42 Å². The van der Waals surface area contributed by atoms with Crippen molar-refractivity contribution in [2.45, 2.75) is 25.7 Å². The van der Waals surface area contributed by atoms with Crippen molar-refractivity contribution in [1.82, 2.24) is 0 Å². The van der Waals surface area contributed by atoms with E-state index >= 15 is 0 Å². The van der Waals surface area contributed by atoms with Gasteiger partial charge in [-0.05, 0) is 40.6 Å². The van der Waals surface area contributed by atoms with E-state index < -0.39 is 0 Å². The highest BCUT2D eigenvalue weighted by Crippen LogP contribution is 2.32. The van der Waals surface area contributed by atoms with Gasteiger partial charge in [-0.2, -0.15) is 0 Å². The SMILES string of the molecule is CCc1ccc(C(CC(=O)Cl)c2cccs2)cc1. The van der Waals surface area contributed by atoms with Gasteiger partial charge in [-0.1, -0.05) is 37.3 Å². The highest BCUT2D eigenvalue weighted by molar-refractivity contribution is 7.10. The monoisotopic (exact) mass is 278 g/mol. The Balaban J connectivity index is 2.30. The number of aryl methyl sites for hydroxylation is 1. The molecular formula is C15H15ClOS. The number of thiophene rings is 1. The highest BCUT2D eigenvalue weighted by atomic mass is 35.5. The van der Waals surface area contributed by atoms with Crippen LogP contribution in [0.4, 0.5) is 0 Å². The maximum Gasteiger partial charge on any atom is 0.222 e. The van der Waals surface area contributed by atoms with Gasteiger partial charge in [0.25, 0.3) is 0 Å². The standard InChI is InChI=1S/C15H15ClOS/c1-2-11-5-7-12(8-6-11)13(10-15(16)17)14-4-3-9-18-14/h3-9,13H,2,10H2,1H3. The number of rotatable bonds is 5. The van der Waals surface area contributed by atoms with Crippen molar-refractivity contribution >= 4 is 28.2 Å². The molecule has 1 aromatic heterocycles. The average molecular weight is 279 g/mol. The molecular weight excluding hydrogens is 264 g/mol. The van der Waals surface area contributed by atoms with Crippen LogP contribution in [0.3, 0.4) is 0 Å². The quantitative estimate of drug-likeness (QED) is 0.731. The zero-order valence-corrected chi connectivity index (χ0v) is 11.8. The summed E-state index contributed by atoms with van der Waals surface area (Å²) in [6, 6.07) is 12.5. The van der Waals surface area contributed by atoms with Crippen molar-refractivity contribution in [1.29, 1.82) is 0 Å². The number of hydrogen-bond donors (Lipinski definition) is 0. The summed E-state index contributed by atoms with van der Waals surface area (Å²) in [5.74, 6) is 0.0842. The molecule has 1 aromatic carbocycles. The van der Waals surface area contributed by atoms with E-state index in [1.54, 1.807) is 11.3 Å². The molecule has 0 fully saturated rings. The smallest absolute Gasteiger partial charge is 0.222 e. The van der Waals surface area contributed by atoms with Crippen LogP contribution in [0.5, 0.6) is 0 Å². The molecule has 0 saturated heterocycles. The number of benzene rings is 1. The molecule has 0 aliphatic carbocycles. The topological polar surface area (TPSA) is 17.1 Å². The van der Waals surface area contributed by atoms with Gasteiger partial charge in [0.15, 0.2) is 0 Å². The van der Waals surface area contributed by atoms with Crippen molar-refractivity contribution in [2.24, 2.45) is 0 Å². The molecule has 94 valence electrons. The summed E-state index contributed by atoms with van der Waals surface area (Å²) >= 11 is 7.23. The lowest BCUT2D eigenvalue weighted by molar-refractivity contribution is -0.111. The second-order valence-electron chi connectivity index (χ2n) is 4.22. The Bertz CT molecular complexity index is 502. The van der Waals surface area contributed by atoms with Crippen LogP contribution in [-0.4, -0.2) is 5.24 Å². The Kier molecular flexibility index (Phi) is 4.56. The molecule has 0 spiro atoms. The Morgan fingerprint density at radius 1 is 1.28 bits per heavy atom. The van der Waals surface area contributed by atoms with Gasteiger partial charge in [0.2, 0.25) is 5.24 Å². The fourth-order valence-electron chi connectivity index (χ4n) is 2.02. The predicted octanol–water partition coefficient (Wildman–Crippen LogP) is 4.60. The summed E-state index contributed by atoms with van der Waals surface area (Å²) in [5.41, 5.74) is 2.46. The third-order valence-corrected chi connectivity index (χ3v) is 4.18. The van der Waals surface area contributed by atoms with Gasteiger partial charge in [-0.3, -0.25) is 4.79 Å². The van der Waals surface area contributed by atoms with Crippen LogP contribution in [0.2, 0.25) is 0 Å². The molecule has 0 saturated carbocycles. The molecule has 0 radical (unpaired) electrons. The first-order valence-electron chi connectivity index (χ1n) is 6.01. The van der Waals surface area contributed by atoms with Gasteiger partial charge in [0, 0.05) is 17.2 Å². The normalized spacial score (nSPS) is 12.3. The lowest BCUT2D eigenvalue weighted by Crippen LogP contribution is -2.03. The van der Waals surface area contributed by atoms with E-state index in [9.17, 15) is 4.79 Å². The number of carbonyl (C=O) groups is 1. The van der Waals surface area contributed by atoms with Gasteiger partial charge in [-0.15, -0.1) is 11.3 Å². The van der Waals surface area contributed by atoms with Crippen LogP contribution in [0.15, 0.2) is 41.8 Å². The first-order chi connectivity index (χ1) is 8.70. The number of halogens is 1. The summed E-state index contributed by atoms with van der Waals surface area (Å²) < 4.78 is 0. The fraction of sp³-hybridized carbons (Fsp3) is 0.267. The van der Waals surface area contributed by atoms with Crippen LogP contribution in [0.1, 0.15) is 35.3 Å². The van der Waals surface area contributed by atoms with Gasteiger partial charge < -0.3 is 0 Å². The summed E-state index contributed by atoms with van der Waals surface area (Å²) in [5, 5.41) is 1.74. The van der Waals surface area contributed by atoms with E-state index in [-0.39, 0.29) is 11.2 Å². The molecule has 1 heterocycles. The first-order valence-corrected chi connectivity index (χ1v) is 7.27. The predicted molar refractivity (Wildman–Crippen MR) is 77.5 cm³/mol. The Labute approximate surface area is 116 Å². The average Bonchev–Trinajstić information content (AvgIpc) is 2.89. The molecule has 1 nitrogen and oxygen atoms in total. The molecule has 0 N–H and O–H groups in total. The second-order valence-corrected chi connectivity index (χ2v) is 5.62. The van der Waals surface area contributed by atoms with Gasteiger partial charge >= 0.3 is 0 Å². The minimum absolute atomic E-state index is 0.0842. The molecule has 18 heavy (non-hydrogen) atoms. The molecule has 2 aromatic rings. The van der Waals surface area contributed by atoms with Crippen molar-refractivity contribution in [2.75, 3.05) is 0 Å². The number of hydrogen-bond acceptors (Lipinski definition) is 2. The number of carbonyl (C=O) groups excluding carboxylic acids is 1. The van der Waals surface area contributed by atoms with E-state index in [1.807, 2.05) is 11.4 Å². The maximum atomic E-state index is 11.2. The summed E-state index contributed by atoms with van der Waals surface area (Å²) in [7, 11) is 0. The largest absolute Gasteiger partial charge is 0.281 e. The van der Waals surface area contributed by atoms with Crippen molar-refractivity contribution in [3.63, 3.8) is 0 Å². The molecule has 0 bridgehead atoms.